The number of aryl methyl sites for hydroxylation is 1. The molecule has 0 unspecified atom stereocenters. The highest BCUT2D eigenvalue weighted by Gasteiger charge is 2.44. The predicted molar refractivity (Wildman–Crippen MR) is 249 cm³/mol. The highest BCUT2D eigenvalue weighted by Crippen LogP contribution is 2.28. The van der Waals surface area contributed by atoms with E-state index in [1.807, 2.05) is 57.5 Å². The molecule has 0 spiro atoms. The van der Waals surface area contributed by atoms with Gasteiger partial charge in [0.15, 0.2) is 0 Å². The van der Waals surface area contributed by atoms with Gasteiger partial charge in [0.05, 0.1) is 33.6 Å². The van der Waals surface area contributed by atoms with Crippen molar-refractivity contribution >= 4 is 57.9 Å². The number of likely N-dealkylation sites (tertiary alicyclic amines) is 1. The van der Waals surface area contributed by atoms with E-state index >= 15 is 0 Å². The van der Waals surface area contributed by atoms with Crippen molar-refractivity contribution in [2.45, 2.75) is 104 Å². The first-order valence-corrected chi connectivity index (χ1v) is 22.8. The van der Waals surface area contributed by atoms with E-state index in [4.69, 9.17) is 15.2 Å². The molecule has 7 N–H and O–H groups in total. The normalized spacial score (nSPS) is 15.4. The van der Waals surface area contributed by atoms with Crippen LogP contribution >= 0.6 is 11.3 Å². The van der Waals surface area contributed by atoms with Crippen molar-refractivity contribution in [1.29, 1.82) is 0 Å². The van der Waals surface area contributed by atoms with Crippen LogP contribution in [0.1, 0.15) is 93.8 Å². The van der Waals surface area contributed by atoms with Crippen molar-refractivity contribution in [2.75, 3.05) is 49.3 Å². The van der Waals surface area contributed by atoms with Crippen molar-refractivity contribution in [3.05, 3.63) is 95.1 Å². The summed E-state index contributed by atoms with van der Waals surface area (Å²) in [6.07, 6.45) is 5.94. The number of nitrogens with two attached hydrogens (primary N) is 1. The lowest BCUT2D eigenvalue weighted by molar-refractivity contribution is -0.144. The number of hydrogen-bond acceptors (Lipinski definition) is 11. The molecule has 15 nitrogen and oxygen atoms in total. The molecule has 5 rings (SSSR count). The molecule has 1 saturated heterocycles. The van der Waals surface area contributed by atoms with E-state index in [1.54, 1.807) is 59.9 Å². The molecular formula is C48H63N7O8S. The number of nitrogen functional groups attached to an aromatic ring is 1. The smallest absolute Gasteiger partial charge is 0.255 e. The molecule has 3 aromatic carbocycles. The lowest BCUT2D eigenvalue weighted by Crippen LogP contribution is -2.58. The number of carbonyl (C=O) groups excluding carboxylic acids is 5. The fraction of sp³-hybridized carbons (Fsp3) is 0.458. The van der Waals surface area contributed by atoms with Crippen LogP contribution < -0.4 is 27.0 Å². The Balaban J connectivity index is 0.899. The van der Waals surface area contributed by atoms with Crippen LogP contribution in [0.3, 0.4) is 0 Å². The van der Waals surface area contributed by atoms with E-state index in [0.717, 1.165) is 66.6 Å². The zero-order valence-corrected chi connectivity index (χ0v) is 38.1. The number of aliphatic hydroxyl groups excluding tert-OH is 1. The molecule has 5 amide bonds. The Morgan fingerprint density at radius 1 is 0.844 bits per heavy atom. The van der Waals surface area contributed by atoms with Crippen LogP contribution in [0.5, 0.6) is 0 Å². The largest absolute Gasteiger partial charge is 0.397 e. The Morgan fingerprint density at radius 2 is 1.47 bits per heavy atom. The zero-order valence-electron chi connectivity index (χ0n) is 37.3. The molecule has 0 aliphatic carbocycles. The summed E-state index contributed by atoms with van der Waals surface area (Å²) in [4.78, 5) is 71.9. The first-order valence-electron chi connectivity index (χ1n) is 22.0. The molecule has 1 fully saturated rings. The van der Waals surface area contributed by atoms with Gasteiger partial charge in [-0.3, -0.25) is 24.0 Å². The number of unbranched alkanes of at least 4 members (excludes halogenated alkanes) is 6. The number of thiazole rings is 1. The van der Waals surface area contributed by atoms with E-state index < -0.39 is 35.4 Å². The van der Waals surface area contributed by atoms with Crippen LogP contribution in [-0.4, -0.2) is 95.7 Å². The standard InChI is InChI=1S/C48H63N7O8S/c1-32-43(64-31-51-32)34-18-16-33(17-19-34)27-50-46(60)40-26-37(56)28-55(40)47(61)44(48(2,3)4)54-42(58)30-63-25-13-9-7-5-6-8-12-24-62-29-41(57)52-36-22-20-35(21-23-36)45(59)53-39-15-11-10-14-38(39)49/h10-11,14-23,31,37,40,44,56H,5-9,12-13,24-30,49H2,1-4H3,(H,50,60)(H,52,57)(H,53,59)(H,54,58)/t37-,40-,44+/m0/s1. The summed E-state index contributed by atoms with van der Waals surface area (Å²) in [5.74, 6) is -1.77. The summed E-state index contributed by atoms with van der Waals surface area (Å²) in [5.41, 5.74) is 12.0. The van der Waals surface area contributed by atoms with Gasteiger partial charge >= 0.3 is 0 Å². The molecule has 344 valence electrons. The quantitative estimate of drug-likeness (QED) is 0.0353. The third-order valence-corrected chi connectivity index (χ3v) is 11.9. The molecule has 3 atom stereocenters. The Hall–Kier alpha value is -5.68. The summed E-state index contributed by atoms with van der Waals surface area (Å²) in [6, 6.07) is 19.7. The van der Waals surface area contributed by atoms with Crippen LogP contribution in [0.2, 0.25) is 0 Å². The van der Waals surface area contributed by atoms with Gasteiger partial charge in [0.1, 0.15) is 25.3 Å². The molecule has 0 saturated carbocycles. The number of rotatable bonds is 23. The number of para-hydroxylation sites is 2. The van der Waals surface area contributed by atoms with Gasteiger partial charge in [0.25, 0.3) is 5.91 Å². The maximum Gasteiger partial charge on any atom is 0.255 e. The minimum Gasteiger partial charge on any atom is -0.397 e. The maximum atomic E-state index is 13.9. The molecule has 4 aromatic rings. The fourth-order valence-electron chi connectivity index (χ4n) is 7.31. The lowest BCUT2D eigenvalue weighted by atomic mass is 9.85. The van der Waals surface area contributed by atoms with Crippen LogP contribution in [0.15, 0.2) is 78.3 Å². The van der Waals surface area contributed by atoms with E-state index in [1.165, 1.54) is 4.90 Å². The zero-order chi connectivity index (χ0) is 46.1. The number of β-amino-alcohol motifs (C(OH)–C–C–N with tert-alkyl or cyclic N) is 1. The average molecular weight is 898 g/mol. The SMILES string of the molecule is Cc1ncsc1-c1ccc(CNC(=O)[C@@H]2C[C@H](O)CN2C(=O)[C@@H](NC(=O)COCCCCCCCCCOCC(=O)Nc2ccc(C(=O)Nc3ccccc3N)cc2)C(C)(C)C)cc1. The minimum absolute atomic E-state index is 0.000301. The van der Waals surface area contributed by atoms with Gasteiger partial charge in [0.2, 0.25) is 23.6 Å². The lowest BCUT2D eigenvalue weighted by Gasteiger charge is -2.35. The first kappa shape index (κ1) is 49.3. The van der Waals surface area contributed by atoms with Gasteiger partial charge in [0, 0.05) is 44.0 Å². The number of amides is 5. The third kappa shape index (κ3) is 15.2. The number of anilines is 3. The van der Waals surface area contributed by atoms with Gasteiger partial charge in [-0.25, -0.2) is 4.98 Å². The summed E-state index contributed by atoms with van der Waals surface area (Å²) in [6.45, 7) is 8.41. The topological polar surface area (TPSA) is 214 Å². The van der Waals surface area contributed by atoms with Crippen molar-refractivity contribution in [2.24, 2.45) is 5.41 Å². The molecular weight excluding hydrogens is 835 g/mol. The number of nitrogens with one attached hydrogen (secondary N) is 4. The van der Waals surface area contributed by atoms with Gasteiger partial charge in [-0.15, -0.1) is 11.3 Å². The van der Waals surface area contributed by atoms with Crippen molar-refractivity contribution in [1.82, 2.24) is 20.5 Å². The van der Waals surface area contributed by atoms with Crippen molar-refractivity contribution < 1.29 is 38.6 Å². The second-order valence-electron chi connectivity index (χ2n) is 17.2. The number of benzene rings is 3. The average Bonchev–Trinajstić information content (AvgIpc) is 3.89. The number of aromatic nitrogens is 1. The summed E-state index contributed by atoms with van der Waals surface area (Å²) >= 11 is 1.57. The highest BCUT2D eigenvalue weighted by molar-refractivity contribution is 7.13. The maximum absolute atomic E-state index is 13.9. The van der Waals surface area contributed by atoms with Crippen molar-refractivity contribution in [3.8, 4) is 10.4 Å². The summed E-state index contributed by atoms with van der Waals surface area (Å²) in [5, 5.41) is 21.8. The number of carbonyl (C=O) groups is 5. The third-order valence-electron chi connectivity index (χ3n) is 10.9. The van der Waals surface area contributed by atoms with Gasteiger partial charge < -0.3 is 46.5 Å². The highest BCUT2D eigenvalue weighted by atomic mass is 32.1. The van der Waals surface area contributed by atoms with E-state index in [0.29, 0.717) is 35.8 Å². The molecule has 64 heavy (non-hydrogen) atoms. The number of nitrogens with zero attached hydrogens (tertiary/aromatic N) is 2. The first-order chi connectivity index (χ1) is 30.7. The number of aliphatic hydroxyl groups is 1. The van der Waals surface area contributed by atoms with E-state index in [2.05, 4.69) is 26.3 Å². The van der Waals surface area contributed by atoms with Gasteiger partial charge in [-0.2, -0.15) is 0 Å². The molecule has 16 heteroatoms. The fourth-order valence-corrected chi connectivity index (χ4v) is 8.12. The Morgan fingerprint density at radius 3 is 2.08 bits per heavy atom. The summed E-state index contributed by atoms with van der Waals surface area (Å²) in [7, 11) is 0. The monoisotopic (exact) mass is 897 g/mol. The van der Waals surface area contributed by atoms with Gasteiger partial charge in [-0.05, 0) is 72.7 Å². The van der Waals surface area contributed by atoms with Crippen LogP contribution in [0.4, 0.5) is 17.1 Å². The molecule has 0 bridgehead atoms. The molecule has 1 aliphatic rings. The second-order valence-corrected chi connectivity index (χ2v) is 18.0. The van der Waals surface area contributed by atoms with Crippen LogP contribution in [0.25, 0.3) is 10.4 Å². The Bertz CT molecular complexity index is 2160. The molecule has 2 heterocycles. The van der Waals surface area contributed by atoms with Crippen molar-refractivity contribution in [3.63, 3.8) is 0 Å². The van der Waals surface area contributed by atoms with E-state index in [9.17, 15) is 29.1 Å². The Kier molecular flexibility index (Phi) is 18.8. The van der Waals surface area contributed by atoms with E-state index in [-0.39, 0.29) is 50.4 Å². The second kappa shape index (κ2) is 24.4. The molecule has 0 radical (unpaired) electrons. The predicted octanol–water partition coefficient (Wildman–Crippen LogP) is 6.46. The van der Waals surface area contributed by atoms with Crippen LogP contribution in [0, 0.1) is 12.3 Å². The number of hydrogen-bond donors (Lipinski definition) is 6. The van der Waals surface area contributed by atoms with Gasteiger partial charge in [-0.1, -0.05) is 89.3 Å². The van der Waals surface area contributed by atoms with Crippen LogP contribution in [-0.2, 0) is 35.2 Å². The summed E-state index contributed by atoms with van der Waals surface area (Å²) < 4.78 is 11.2. The Labute approximate surface area is 379 Å². The molecule has 1 aliphatic heterocycles. The number of ether oxygens (including phenoxy) is 2. The molecule has 1 aromatic heterocycles. The minimum atomic E-state index is -0.929.